The molecule has 2 rings (SSSR count). The van der Waals surface area contributed by atoms with E-state index in [0.717, 1.165) is 6.42 Å². The van der Waals surface area contributed by atoms with Crippen LogP contribution in [0.3, 0.4) is 0 Å². The number of nitrogens with one attached hydrogen (secondary N) is 1. The van der Waals surface area contributed by atoms with Gasteiger partial charge in [0.25, 0.3) is 0 Å². The van der Waals surface area contributed by atoms with Crippen molar-refractivity contribution in [3.05, 3.63) is 0 Å². The highest BCUT2D eigenvalue weighted by molar-refractivity contribution is 5.79. The van der Waals surface area contributed by atoms with E-state index in [1.807, 2.05) is 4.90 Å². The number of rotatable bonds is 4. The molecule has 0 radical (unpaired) electrons. The lowest BCUT2D eigenvalue weighted by Crippen LogP contribution is -2.45. The minimum Gasteiger partial charge on any atom is -0.481 e. The van der Waals surface area contributed by atoms with E-state index in [4.69, 9.17) is 0 Å². The number of likely N-dealkylation sites (tertiary alicyclic amines) is 1. The fourth-order valence-electron chi connectivity index (χ4n) is 3.35. The van der Waals surface area contributed by atoms with E-state index in [9.17, 15) is 14.7 Å². The van der Waals surface area contributed by atoms with Crippen molar-refractivity contribution in [1.29, 1.82) is 0 Å². The summed E-state index contributed by atoms with van der Waals surface area (Å²) >= 11 is 0. The largest absolute Gasteiger partial charge is 0.481 e. The number of amides is 1. The number of nitrogens with zero attached hydrogens (tertiary/aromatic N) is 1. The van der Waals surface area contributed by atoms with Gasteiger partial charge in [0.2, 0.25) is 5.91 Å². The maximum atomic E-state index is 12.1. The number of carbonyl (C=O) groups is 2. The number of carboxylic acids is 1. The first-order valence-electron chi connectivity index (χ1n) is 7.66. The first-order chi connectivity index (χ1) is 9.40. The smallest absolute Gasteiger partial charge is 0.310 e. The Labute approximate surface area is 120 Å². The van der Waals surface area contributed by atoms with Gasteiger partial charge < -0.3 is 10.4 Å². The van der Waals surface area contributed by atoms with Crippen molar-refractivity contribution in [2.75, 3.05) is 19.6 Å². The molecule has 114 valence electrons. The van der Waals surface area contributed by atoms with Crippen LogP contribution < -0.4 is 5.32 Å². The molecule has 0 aromatic rings. The Balaban J connectivity index is 1.79. The molecule has 1 saturated heterocycles. The molecule has 1 aliphatic heterocycles. The first-order valence-corrected chi connectivity index (χ1v) is 7.66. The molecule has 1 heterocycles. The van der Waals surface area contributed by atoms with Crippen LogP contribution in [0.1, 0.15) is 46.0 Å². The van der Waals surface area contributed by atoms with Crippen molar-refractivity contribution >= 4 is 11.9 Å². The van der Waals surface area contributed by atoms with Gasteiger partial charge in [0, 0.05) is 12.6 Å². The molecular weight excluding hydrogens is 256 g/mol. The predicted molar refractivity (Wildman–Crippen MR) is 76.4 cm³/mol. The molecule has 5 heteroatoms. The molecule has 1 amide bonds. The molecule has 0 aromatic carbocycles. The van der Waals surface area contributed by atoms with Gasteiger partial charge in [-0.1, -0.05) is 19.8 Å². The Morgan fingerprint density at radius 1 is 1.35 bits per heavy atom. The molecule has 2 fully saturated rings. The summed E-state index contributed by atoms with van der Waals surface area (Å²) in [7, 11) is 0. The van der Waals surface area contributed by atoms with Gasteiger partial charge in [-0.25, -0.2) is 0 Å². The number of hydrogen-bond donors (Lipinski definition) is 2. The van der Waals surface area contributed by atoms with E-state index in [0.29, 0.717) is 38.0 Å². The molecule has 3 unspecified atom stereocenters. The SMILES string of the molecule is CC1CCCCC1NC(=O)CN1CCC(C)(C(=O)O)C1. The van der Waals surface area contributed by atoms with Gasteiger partial charge in [0.15, 0.2) is 0 Å². The van der Waals surface area contributed by atoms with Gasteiger partial charge >= 0.3 is 5.97 Å². The van der Waals surface area contributed by atoms with Crippen LogP contribution in [0.15, 0.2) is 0 Å². The van der Waals surface area contributed by atoms with Gasteiger partial charge in [-0.15, -0.1) is 0 Å². The summed E-state index contributed by atoms with van der Waals surface area (Å²) < 4.78 is 0. The van der Waals surface area contributed by atoms with Crippen molar-refractivity contribution in [1.82, 2.24) is 10.2 Å². The summed E-state index contributed by atoms with van der Waals surface area (Å²) in [4.78, 5) is 25.2. The second-order valence-electron chi connectivity index (χ2n) is 6.76. The van der Waals surface area contributed by atoms with Crippen LogP contribution >= 0.6 is 0 Å². The molecule has 0 aromatic heterocycles. The van der Waals surface area contributed by atoms with Gasteiger partial charge in [-0.05, 0) is 38.6 Å². The normalized spacial score (nSPS) is 34.9. The van der Waals surface area contributed by atoms with Gasteiger partial charge in [0.05, 0.1) is 12.0 Å². The third-order valence-corrected chi connectivity index (χ3v) is 4.89. The number of carboxylic acid groups (broad SMARTS) is 1. The maximum Gasteiger partial charge on any atom is 0.310 e. The van der Waals surface area contributed by atoms with Crippen LogP contribution in [0.25, 0.3) is 0 Å². The van der Waals surface area contributed by atoms with E-state index in [-0.39, 0.29) is 5.91 Å². The molecule has 20 heavy (non-hydrogen) atoms. The Morgan fingerprint density at radius 2 is 2.05 bits per heavy atom. The van der Waals surface area contributed by atoms with Crippen LogP contribution in [0, 0.1) is 11.3 Å². The monoisotopic (exact) mass is 282 g/mol. The Kier molecular flexibility index (Phi) is 4.68. The quantitative estimate of drug-likeness (QED) is 0.819. The van der Waals surface area contributed by atoms with Crippen molar-refractivity contribution in [3.63, 3.8) is 0 Å². The summed E-state index contributed by atoms with van der Waals surface area (Å²) in [5.74, 6) is -0.171. The highest BCUT2D eigenvalue weighted by atomic mass is 16.4. The zero-order chi connectivity index (χ0) is 14.8. The molecule has 0 spiro atoms. The maximum absolute atomic E-state index is 12.1. The second-order valence-corrected chi connectivity index (χ2v) is 6.76. The number of hydrogen-bond acceptors (Lipinski definition) is 3. The molecule has 3 atom stereocenters. The summed E-state index contributed by atoms with van der Waals surface area (Å²) in [5, 5.41) is 12.3. The summed E-state index contributed by atoms with van der Waals surface area (Å²) in [6, 6.07) is 0.296. The standard InChI is InChI=1S/C15H26N2O3/c1-11-5-3-4-6-12(11)16-13(18)9-17-8-7-15(2,10-17)14(19)20/h11-12H,3-10H2,1-2H3,(H,16,18)(H,19,20). The molecular formula is C15H26N2O3. The fraction of sp³-hybridized carbons (Fsp3) is 0.867. The van der Waals surface area contributed by atoms with Crippen molar-refractivity contribution in [2.45, 2.75) is 52.0 Å². The van der Waals surface area contributed by atoms with Gasteiger partial charge in [-0.3, -0.25) is 14.5 Å². The first kappa shape index (κ1) is 15.3. The highest BCUT2D eigenvalue weighted by Crippen LogP contribution is 2.30. The lowest BCUT2D eigenvalue weighted by atomic mass is 9.86. The zero-order valence-electron chi connectivity index (χ0n) is 12.5. The van der Waals surface area contributed by atoms with Gasteiger partial charge in [0.1, 0.15) is 0 Å². The van der Waals surface area contributed by atoms with Crippen LogP contribution in [-0.2, 0) is 9.59 Å². The van der Waals surface area contributed by atoms with Crippen LogP contribution in [-0.4, -0.2) is 47.6 Å². The van der Waals surface area contributed by atoms with E-state index in [1.165, 1.54) is 19.3 Å². The summed E-state index contributed by atoms with van der Waals surface area (Å²) in [5.41, 5.74) is -0.696. The average Bonchev–Trinajstić information content (AvgIpc) is 2.75. The summed E-state index contributed by atoms with van der Waals surface area (Å²) in [6.45, 7) is 5.44. The van der Waals surface area contributed by atoms with E-state index in [2.05, 4.69) is 12.2 Å². The molecule has 2 aliphatic rings. The van der Waals surface area contributed by atoms with Gasteiger partial charge in [-0.2, -0.15) is 0 Å². The lowest BCUT2D eigenvalue weighted by molar-refractivity contribution is -0.147. The van der Waals surface area contributed by atoms with E-state index >= 15 is 0 Å². The fourth-order valence-corrected chi connectivity index (χ4v) is 3.35. The second kappa shape index (κ2) is 6.12. The van der Waals surface area contributed by atoms with Crippen LogP contribution in [0.4, 0.5) is 0 Å². The van der Waals surface area contributed by atoms with Crippen molar-refractivity contribution in [2.24, 2.45) is 11.3 Å². The number of carbonyl (C=O) groups excluding carboxylic acids is 1. The predicted octanol–water partition coefficient (Wildman–Crippen LogP) is 1.48. The molecule has 0 bridgehead atoms. The molecule has 5 nitrogen and oxygen atoms in total. The third kappa shape index (κ3) is 3.51. The number of aliphatic carboxylic acids is 1. The topological polar surface area (TPSA) is 69.6 Å². The molecule has 1 saturated carbocycles. The highest BCUT2D eigenvalue weighted by Gasteiger charge is 2.40. The Morgan fingerprint density at radius 3 is 2.65 bits per heavy atom. The summed E-state index contributed by atoms with van der Waals surface area (Å²) in [6.07, 6.45) is 5.33. The van der Waals surface area contributed by atoms with Crippen molar-refractivity contribution in [3.8, 4) is 0 Å². The Bertz CT molecular complexity index is 385. The average molecular weight is 282 g/mol. The Hall–Kier alpha value is -1.10. The van der Waals surface area contributed by atoms with E-state index < -0.39 is 11.4 Å². The minimum atomic E-state index is -0.763. The molecule has 1 aliphatic carbocycles. The van der Waals surface area contributed by atoms with Crippen LogP contribution in [0.2, 0.25) is 0 Å². The zero-order valence-corrected chi connectivity index (χ0v) is 12.5. The van der Waals surface area contributed by atoms with E-state index in [1.54, 1.807) is 6.92 Å². The van der Waals surface area contributed by atoms with Crippen LogP contribution in [0.5, 0.6) is 0 Å². The third-order valence-electron chi connectivity index (χ3n) is 4.89. The lowest BCUT2D eigenvalue weighted by Gasteiger charge is -2.30. The van der Waals surface area contributed by atoms with Crippen molar-refractivity contribution < 1.29 is 14.7 Å². The molecule has 2 N–H and O–H groups in total. The minimum absolute atomic E-state index is 0.0402.